The zero-order valence-electron chi connectivity index (χ0n) is 15.1. The molecule has 25 heavy (non-hydrogen) atoms. The van der Waals surface area contributed by atoms with Crippen LogP contribution in [0.25, 0.3) is 0 Å². The van der Waals surface area contributed by atoms with E-state index in [-0.39, 0.29) is 54.5 Å². The molecule has 0 unspecified atom stereocenters. The number of carboxylic acid groups (broad SMARTS) is 1. The SMILES string of the molecule is CCC(O)=C1C(=O)CC(c2c(C)cc(C)c(CC(=O)O)c2C)CC1=O. The molecule has 0 spiro atoms. The third-order valence-corrected chi connectivity index (χ3v) is 4.97. The Hall–Kier alpha value is -2.43. The molecule has 2 N–H and O–H groups in total. The van der Waals surface area contributed by atoms with Crippen molar-refractivity contribution in [3.8, 4) is 0 Å². The van der Waals surface area contributed by atoms with Crippen LogP contribution in [-0.4, -0.2) is 27.7 Å². The van der Waals surface area contributed by atoms with Gasteiger partial charge in [0.05, 0.1) is 12.0 Å². The standard InChI is InChI=1S/C20H24O5/c1-5-15(21)20-16(22)7-13(8-17(20)23)19-11(3)6-10(2)14(12(19)4)9-18(24)25/h6,13,21H,5,7-9H2,1-4H3,(H,24,25). The summed E-state index contributed by atoms with van der Waals surface area (Å²) in [5.41, 5.74) is 4.27. The molecule has 0 aliphatic heterocycles. The molecular weight excluding hydrogens is 320 g/mol. The maximum absolute atomic E-state index is 12.4. The molecule has 0 saturated heterocycles. The fourth-order valence-electron chi connectivity index (χ4n) is 3.88. The molecule has 2 rings (SSSR count). The first-order valence-electron chi connectivity index (χ1n) is 8.47. The van der Waals surface area contributed by atoms with E-state index < -0.39 is 5.97 Å². The monoisotopic (exact) mass is 344 g/mol. The molecule has 0 heterocycles. The largest absolute Gasteiger partial charge is 0.511 e. The lowest BCUT2D eigenvalue weighted by Gasteiger charge is -2.27. The number of aliphatic hydroxyl groups is 1. The third-order valence-electron chi connectivity index (χ3n) is 4.97. The Morgan fingerprint density at radius 1 is 1.08 bits per heavy atom. The predicted octanol–water partition coefficient (Wildman–Crippen LogP) is 3.48. The number of hydrogen-bond acceptors (Lipinski definition) is 4. The lowest BCUT2D eigenvalue weighted by molar-refractivity contribution is -0.136. The van der Waals surface area contributed by atoms with Gasteiger partial charge in [0.15, 0.2) is 11.6 Å². The smallest absolute Gasteiger partial charge is 0.307 e. The Balaban J connectivity index is 2.48. The van der Waals surface area contributed by atoms with Crippen LogP contribution < -0.4 is 0 Å². The van der Waals surface area contributed by atoms with Gasteiger partial charge in [-0.25, -0.2) is 0 Å². The second kappa shape index (κ2) is 7.21. The molecule has 0 amide bonds. The molecule has 0 atom stereocenters. The highest BCUT2D eigenvalue weighted by atomic mass is 16.4. The number of allylic oxidation sites excluding steroid dienone is 2. The molecule has 0 bridgehead atoms. The summed E-state index contributed by atoms with van der Waals surface area (Å²) in [6.45, 7) is 7.35. The summed E-state index contributed by atoms with van der Waals surface area (Å²) in [5, 5.41) is 19.0. The van der Waals surface area contributed by atoms with E-state index in [1.165, 1.54) is 0 Å². The number of carboxylic acids is 1. The van der Waals surface area contributed by atoms with Crippen LogP contribution in [0.5, 0.6) is 0 Å². The Bertz CT molecular complexity index is 766. The van der Waals surface area contributed by atoms with E-state index in [1.807, 2.05) is 26.8 Å². The van der Waals surface area contributed by atoms with Gasteiger partial charge >= 0.3 is 5.97 Å². The normalized spacial score (nSPS) is 17.8. The van der Waals surface area contributed by atoms with Crippen LogP contribution in [-0.2, 0) is 20.8 Å². The quantitative estimate of drug-likeness (QED) is 0.496. The van der Waals surface area contributed by atoms with Gasteiger partial charge in [0.2, 0.25) is 0 Å². The number of aliphatic carboxylic acids is 1. The van der Waals surface area contributed by atoms with Gasteiger partial charge in [0.25, 0.3) is 0 Å². The first-order valence-corrected chi connectivity index (χ1v) is 8.47. The van der Waals surface area contributed by atoms with Gasteiger partial charge in [-0.1, -0.05) is 13.0 Å². The molecule has 1 aromatic rings. The van der Waals surface area contributed by atoms with Gasteiger partial charge in [0.1, 0.15) is 5.76 Å². The van der Waals surface area contributed by atoms with Crippen molar-refractivity contribution in [2.24, 2.45) is 0 Å². The van der Waals surface area contributed by atoms with Crippen molar-refractivity contribution in [3.63, 3.8) is 0 Å². The van der Waals surface area contributed by atoms with Crippen LogP contribution in [0.3, 0.4) is 0 Å². The summed E-state index contributed by atoms with van der Waals surface area (Å²) in [6, 6.07) is 1.92. The average molecular weight is 344 g/mol. The molecule has 0 radical (unpaired) electrons. The first-order chi connectivity index (χ1) is 11.7. The van der Waals surface area contributed by atoms with Crippen LogP contribution in [0.4, 0.5) is 0 Å². The van der Waals surface area contributed by atoms with E-state index in [0.29, 0.717) is 0 Å². The van der Waals surface area contributed by atoms with E-state index in [1.54, 1.807) is 6.92 Å². The van der Waals surface area contributed by atoms with Crippen molar-refractivity contribution < 1.29 is 24.6 Å². The van der Waals surface area contributed by atoms with E-state index in [2.05, 4.69) is 0 Å². The summed E-state index contributed by atoms with van der Waals surface area (Å²) in [4.78, 5) is 36.0. The number of aliphatic hydroxyl groups excluding tert-OH is 1. The number of aryl methyl sites for hydroxylation is 2. The second-order valence-electron chi connectivity index (χ2n) is 6.72. The highest BCUT2D eigenvalue weighted by Crippen LogP contribution is 2.38. The zero-order valence-corrected chi connectivity index (χ0v) is 15.1. The lowest BCUT2D eigenvalue weighted by Crippen LogP contribution is -2.27. The van der Waals surface area contributed by atoms with E-state index in [9.17, 15) is 19.5 Å². The fourth-order valence-corrected chi connectivity index (χ4v) is 3.88. The number of carbonyl (C=O) groups excluding carboxylic acids is 2. The minimum absolute atomic E-state index is 0.0630. The predicted molar refractivity (Wildman–Crippen MR) is 93.9 cm³/mol. The fraction of sp³-hybridized carbons (Fsp3) is 0.450. The Kier molecular flexibility index (Phi) is 5.45. The van der Waals surface area contributed by atoms with E-state index in [0.717, 1.165) is 27.8 Å². The molecule has 5 nitrogen and oxygen atoms in total. The van der Waals surface area contributed by atoms with Gasteiger partial charge in [-0.3, -0.25) is 14.4 Å². The molecule has 1 aliphatic carbocycles. The maximum atomic E-state index is 12.4. The van der Waals surface area contributed by atoms with Crippen molar-refractivity contribution in [1.29, 1.82) is 0 Å². The van der Waals surface area contributed by atoms with Crippen LogP contribution in [0.2, 0.25) is 0 Å². The number of rotatable bonds is 4. The minimum Gasteiger partial charge on any atom is -0.511 e. The second-order valence-corrected chi connectivity index (χ2v) is 6.72. The van der Waals surface area contributed by atoms with Gasteiger partial charge < -0.3 is 10.2 Å². The van der Waals surface area contributed by atoms with Crippen molar-refractivity contribution >= 4 is 17.5 Å². The zero-order chi connectivity index (χ0) is 18.9. The number of benzene rings is 1. The highest BCUT2D eigenvalue weighted by Gasteiger charge is 2.35. The minimum atomic E-state index is -0.908. The number of carbonyl (C=O) groups is 3. The Morgan fingerprint density at radius 2 is 1.64 bits per heavy atom. The van der Waals surface area contributed by atoms with Crippen molar-refractivity contribution in [2.75, 3.05) is 0 Å². The third kappa shape index (κ3) is 3.65. The topological polar surface area (TPSA) is 91.7 Å². The van der Waals surface area contributed by atoms with Crippen molar-refractivity contribution in [3.05, 3.63) is 45.2 Å². The summed E-state index contributed by atoms with van der Waals surface area (Å²) >= 11 is 0. The van der Waals surface area contributed by atoms with Crippen LogP contribution >= 0.6 is 0 Å². The molecule has 134 valence electrons. The number of ketones is 2. The first kappa shape index (κ1) is 18.9. The van der Waals surface area contributed by atoms with Gasteiger partial charge in [0, 0.05) is 19.3 Å². The summed E-state index contributed by atoms with van der Waals surface area (Å²) < 4.78 is 0. The Morgan fingerprint density at radius 3 is 2.12 bits per heavy atom. The molecular formula is C20H24O5. The summed E-state index contributed by atoms with van der Waals surface area (Å²) in [5.74, 6) is -1.99. The van der Waals surface area contributed by atoms with Crippen LogP contribution in [0.15, 0.2) is 17.4 Å². The van der Waals surface area contributed by atoms with Gasteiger partial charge in [-0.2, -0.15) is 0 Å². The summed E-state index contributed by atoms with van der Waals surface area (Å²) in [6.07, 6.45) is 0.481. The van der Waals surface area contributed by atoms with Crippen LogP contribution in [0, 0.1) is 20.8 Å². The molecule has 0 aromatic heterocycles. The van der Waals surface area contributed by atoms with Crippen LogP contribution in [0.1, 0.15) is 59.9 Å². The molecule has 1 fully saturated rings. The van der Waals surface area contributed by atoms with Gasteiger partial charge in [-0.15, -0.1) is 0 Å². The molecule has 1 saturated carbocycles. The van der Waals surface area contributed by atoms with E-state index >= 15 is 0 Å². The molecule has 5 heteroatoms. The van der Waals surface area contributed by atoms with Crippen molar-refractivity contribution in [2.45, 2.75) is 59.3 Å². The highest BCUT2D eigenvalue weighted by molar-refractivity contribution is 6.22. The van der Waals surface area contributed by atoms with Gasteiger partial charge in [-0.05, 0) is 54.5 Å². The van der Waals surface area contributed by atoms with E-state index in [4.69, 9.17) is 5.11 Å². The molecule has 1 aliphatic rings. The molecule has 1 aromatic carbocycles. The Labute approximate surface area is 147 Å². The lowest BCUT2D eigenvalue weighted by atomic mass is 9.75. The maximum Gasteiger partial charge on any atom is 0.307 e. The average Bonchev–Trinajstić information content (AvgIpc) is 2.50. The van der Waals surface area contributed by atoms with Crippen molar-refractivity contribution in [1.82, 2.24) is 0 Å². The number of Topliss-reactive ketones (excluding diaryl/α,β-unsaturated/α-hetero) is 2. The summed E-state index contributed by atoms with van der Waals surface area (Å²) in [7, 11) is 0. The number of hydrogen-bond donors (Lipinski definition) is 2.